The molecule has 15 heavy (non-hydrogen) atoms. The first kappa shape index (κ1) is 9.56. The van der Waals surface area contributed by atoms with Crippen LogP contribution in [-0.4, -0.2) is 10.2 Å². The van der Waals surface area contributed by atoms with Crippen molar-refractivity contribution in [3.8, 4) is 6.07 Å². The number of ketones is 1. The molecular weight excluding hydrogens is 208 g/mol. The largest absolute Gasteiger partial charge is 0.288 e. The fourth-order valence-electron chi connectivity index (χ4n) is 1.17. The Morgan fingerprint density at radius 3 is 2.67 bits per heavy atom. The summed E-state index contributed by atoms with van der Waals surface area (Å²) in [6.07, 6.45) is 0. The molecule has 0 atom stereocenters. The molecule has 3 nitrogen and oxygen atoms in total. The molecule has 1 aromatic carbocycles. The number of benzene rings is 1. The highest BCUT2D eigenvalue weighted by Crippen LogP contribution is 2.14. The molecule has 0 spiro atoms. The summed E-state index contributed by atoms with van der Waals surface area (Å²) < 4.78 is 3.84. The third-order valence-corrected chi connectivity index (χ3v) is 2.67. The summed E-state index contributed by atoms with van der Waals surface area (Å²) in [5, 5.41) is 8.59. The molecule has 1 aromatic heterocycles. The van der Waals surface area contributed by atoms with Gasteiger partial charge in [0, 0.05) is 5.56 Å². The van der Waals surface area contributed by atoms with Gasteiger partial charge in [0.25, 0.3) is 0 Å². The van der Waals surface area contributed by atoms with Crippen LogP contribution < -0.4 is 0 Å². The summed E-state index contributed by atoms with van der Waals surface area (Å²) in [7, 11) is 0. The van der Waals surface area contributed by atoms with Crippen LogP contribution in [0.3, 0.4) is 0 Å². The van der Waals surface area contributed by atoms with Crippen LogP contribution in [0.2, 0.25) is 0 Å². The van der Waals surface area contributed by atoms with Gasteiger partial charge in [-0.05, 0) is 17.6 Å². The number of carbonyl (C=O) groups excluding carboxylic acids is 1. The summed E-state index contributed by atoms with van der Waals surface area (Å²) in [6.45, 7) is 0. The predicted octanol–water partition coefficient (Wildman–Crippen LogP) is 2.25. The Labute approximate surface area is 90.8 Å². The molecule has 2 rings (SSSR count). The zero-order chi connectivity index (χ0) is 10.7. The normalized spacial score (nSPS) is 9.53. The summed E-state index contributed by atoms with van der Waals surface area (Å²) in [5.74, 6) is -0.0883. The van der Waals surface area contributed by atoms with Crippen LogP contribution in [0, 0.1) is 11.3 Å². The number of rotatable bonds is 2. The molecule has 0 aliphatic heterocycles. The van der Waals surface area contributed by atoms with Gasteiger partial charge in [0.2, 0.25) is 5.78 Å². The maximum Gasteiger partial charge on any atom is 0.204 e. The molecule has 0 unspecified atom stereocenters. The first-order valence-electron chi connectivity index (χ1n) is 4.28. The van der Waals surface area contributed by atoms with Gasteiger partial charge >= 0.3 is 0 Å². The average molecular weight is 214 g/mol. The quantitative estimate of drug-likeness (QED) is 0.720. The van der Waals surface area contributed by atoms with Crippen LogP contribution in [0.25, 0.3) is 0 Å². The number of hydrogen-bond acceptors (Lipinski definition) is 4. The number of aromatic nitrogens is 1. The smallest absolute Gasteiger partial charge is 0.204 e. The van der Waals surface area contributed by atoms with Gasteiger partial charge in [-0.2, -0.15) is 9.64 Å². The maximum atomic E-state index is 11.8. The first-order valence-corrected chi connectivity index (χ1v) is 5.05. The second-order valence-corrected chi connectivity index (χ2v) is 3.69. The van der Waals surface area contributed by atoms with E-state index in [2.05, 4.69) is 4.37 Å². The monoisotopic (exact) mass is 214 g/mol. The van der Waals surface area contributed by atoms with E-state index in [1.165, 1.54) is 6.07 Å². The van der Waals surface area contributed by atoms with Crippen LogP contribution >= 0.6 is 11.5 Å². The molecule has 0 radical (unpaired) electrons. The van der Waals surface area contributed by atoms with Crippen molar-refractivity contribution in [1.29, 1.82) is 5.26 Å². The molecule has 0 saturated carbocycles. The van der Waals surface area contributed by atoms with E-state index >= 15 is 0 Å². The predicted molar refractivity (Wildman–Crippen MR) is 56.7 cm³/mol. The van der Waals surface area contributed by atoms with Crippen LogP contribution in [0.15, 0.2) is 36.4 Å². The van der Waals surface area contributed by atoms with Gasteiger partial charge in [0.05, 0.1) is 4.88 Å². The molecule has 0 amide bonds. The second-order valence-electron chi connectivity index (χ2n) is 2.88. The minimum Gasteiger partial charge on any atom is -0.288 e. The van der Waals surface area contributed by atoms with E-state index in [0.717, 1.165) is 11.5 Å². The Morgan fingerprint density at radius 1 is 1.33 bits per heavy atom. The Balaban J connectivity index is 2.34. The van der Waals surface area contributed by atoms with Gasteiger partial charge in [0.1, 0.15) is 6.07 Å². The lowest BCUT2D eigenvalue weighted by molar-refractivity contribution is 0.104. The van der Waals surface area contributed by atoms with Crippen LogP contribution in [-0.2, 0) is 0 Å². The molecule has 0 fully saturated rings. The molecule has 0 aliphatic rings. The standard InChI is InChI=1S/C11H6N2OS/c12-7-9-6-10(15-13-9)11(14)8-4-2-1-3-5-8/h1-6H. The van der Waals surface area contributed by atoms with Crippen molar-refractivity contribution in [1.82, 2.24) is 4.37 Å². The summed E-state index contributed by atoms with van der Waals surface area (Å²) in [5.41, 5.74) is 0.907. The molecule has 1 heterocycles. The highest BCUT2D eigenvalue weighted by Gasteiger charge is 2.12. The lowest BCUT2D eigenvalue weighted by Crippen LogP contribution is -1.97. The lowest BCUT2D eigenvalue weighted by Gasteiger charge is -1.94. The van der Waals surface area contributed by atoms with Crippen molar-refractivity contribution >= 4 is 17.3 Å². The molecule has 0 N–H and O–H groups in total. The highest BCUT2D eigenvalue weighted by molar-refractivity contribution is 7.08. The average Bonchev–Trinajstić information content (AvgIpc) is 2.78. The van der Waals surface area contributed by atoms with Crippen molar-refractivity contribution in [3.05, 3.63) is 52.5 Å². The molecule has 0 saturated heterocycles. The van der Waals surface area contributed by atoms with E-state index in [4.69, 9.17) is 5.26 Å². The van der Waals surface area contributed by atoms with Crippen LogP contribution in [0.1, 0.15) is 20.9 Å². The Hall–Kier alpha value is -1.99. The zero-order valence-corrected chi connectivity index (χ0v) is 8.49. The summed E-state index contributed by atoms with van der Waals surface area (Å²) in [6, 6.07) is 12.4. The van der Waals surface area contributed by atoms with Gasteiger partial charge in [-0.1, -0.05) is 30.3 Å². The van der Waals surface area contributed by atoms with Gasteiger partial charge in [0.15, 0.2) is 5.69 Å². The second kappa shape index (κ2) is 4.03. The third-order valence-electron chi connectivity index (χ3n) is 1.88. The lowest BCUT2D eigenvalue weighted by atomic mass is 10.1. The maximum absolute atomic E-state index is 11.8. The van der Waals surface area contributed by atoms with E-state index in [1.807, 2.05) is 12.1 Å². The SMILES string of the molecule is N#Cc1cc(C(=O)c2ccccc2)sn1. The number of carbonyl (C=O) groups is 1. The minimum absolute atomic E-state index is 0.0883. The molecule has 2 aromatic rings. The summed E-state index contributed by atoms with van der Waals surface area (Å²) in [4.78, 5) is 12.3. The van der Waals surface area contributed by atoms with E-state index in [0.29, 0.717) is 16.1 Å². The van der Waals surface area contributed by atoms with E-state index in [1.54, 1.807) is 24.3 Å². The molecule has 0 bridgehead atoms. The summed E-state index contributed by atoms with van der Waals surface area (Å²) >= 11 is 1.06. The van der Waals surface area contributed by atoms with Crippen LogP contribution in [0.5, 0.6) is 0 Å². The molecule has 72 valence electrons. The van der Waals surface area contributed by atoms with Gasteiger partial charge in [-0.25, -0.2) is 0 Å². The van der Waals surface area contributed by atoms with Crippen molar-refractivity contribution in [2.75, 3.05) is 0 Å². The minimum atomic E-state index is -0.0883. The molecule has 4 heteroatoms. The first-order chi connectivity index (χ1) is 7.31. The van der Waals surface area contributed by atoms with Crippen molar-refractivity contribution in [2.45, 2.75) is 0 Å². The van der Waals surface area contributed by atoms with Crippen molar-refractivity contribution in [3.63, 3.8) is 0 Å². The zero-order valence-electron chi connectivity index (χ0n) is 7.68. The number of hydrogen-bond donors (Lipinski definition) is 0. The van der Waals surface area contributed by atoms with Crippen molar-refractivity contribution < 1.29 is 4.79 Å². The van der Waals surface area contributed by atoms with E-state index in [9.17, 15) is 4.79 Å². The molecular formula is C11H6N2OS. The van der Waals surface area contributed by atoms with Crippen LogP contribution in [0.4, 0.5) is 0 Å². The fourth-order valence-corrected chi connectivity index (χ4v) is 1.82. The van der Waals surface area contributed by atoms with E-state index in [-0.39, 0.29) is 5.78 Å². The third kappa shape index (κ3) is 1.92. The van der Waals surface area contributed by atoms with Crippen molar-refractivity contribution in [2.24, 2.45) is 0 Å². The topological polar surface area (TPSA) is 53.8 Å². The Kier molecular flexibility index (Phi) is 2.57. The molecule has 0 aliphatic carbocycles. The van der Waals surface area contributed by atoms with Gasteiger partial charge in [-0.3, -0.25) is 4.79 Å². The Morgan fingerprint density at radius 2 is 2.07 bits per heavy atom. The number of nitrogens with zero attached hydrogens (tertiary/aromatic N) is 2. The fraction of sp³-hybridized carbons (Fsp3) is 0. The Bertz CT molecular complexity index is 525. The number of nitriles is 1. The van der Waals surface area contributed by atoms with E-state index < -0.39 is 0 Å². The highest BCUT2D eigenvalue weighted by atomic mass is 32.1. The van der Waals surface area contributed by atoms with Gasteiger partial charge < -0.3 is 0 Å². The van der Waals surface area contributed by atoms with Gasteiger partial charge in [-0.15, -0.1) is 0 Å².